The van der Waals surface area contributed by atoms with Crippen LogP contribution in [0.1, 0.15) is 30.0 Å². The van der Waals surface area contributed by atoms with Crippen molar-refractivity contribution in [1.82, 2.24) is 10.2 Å². The van der Waals surface area contributed by atoms with Gasteiger partial charge >= 0.3 is 0 Å². The largest absolute Gasteiger partial charge is 0.354 e. The summed E-state index contributed by atoms with van der Waals surface area (Å²) in [6, 6.07) is 22.8. The van der Waals surface area contributed by atoms with Crippen molar-refractivity contribution in [2.24, 2.45) is 0 Å². The topological polar surface area (TPSA) is 49.4 Å². The van der Waals surface area contributed by atoms with E-state index in [0.717, 1.165) is 17.5 Å². The first-order chi connectivity index (χ1) is 17.0. The molecule has 0 heterocycles. The average molecular weight is 513 g/mol. The van der Waals surface area contributed by atoms with E-state index >= 15 is 0 Å². The number of rotatable bonds is 12. The minimum absolute atomic E-state index is 0.126. The molecular formula is C28H30ClFN2O2S. The zero-order valence-corrected chi connectivity index (χ0v) is 21.3. The van der Waals surface area contributed by atoms with Crippen molar-refractivity contribution < 1.29 is 14.0 Å². The van der Waals surface area contributed by atoms with Gasteiger partial charge in [-0.2, -0.15) is 0 Å². The van der Waals surface area contributed by atoms with Crippen molar-refractivity contribution in [1.29, 1.82) is 0 Å². The standard InChI is InChI=1S/C28H30ClFN2O2S/c1-2-15-31-28(34)26(17-21-9-4-3-5-10-21)32(18-22-11-8-13-24(29)16-22)27(33)20-35-19-23-12-6-7-14-25(23)30/h3-14,16,26H,2,15,17-20H2,1H3,(H,31,34)/t26-/m0/s1. The van der Waals surface area contributed by atoms with Crippen LogP contribution in [0, 0.1) is 5.82 Å². The highest BCUT2D eigenvalue weighted by molar-refractivity contribution is 7.99. The van der Waals surface area contributed by atoms with E-state index in [-0.39, 0.29) is 29.9 Å². The third-order valence-electron chi connectivity index (χ3n) is 5.50. The predicted octanol–water partition coefficient (Wildman–Crippen LogP) is 5.88. The van der Waals surface area contributed by atoms with E-state index in [1.54, 1.807) is 35.2 Å². The second-order valence-corrected chi connectivity index (χ2v) is 9.65. The number of halogens is 2. The molecule has 0 aliphatic carbocycles. The molecule has 0 unspecified atom stereocenters. The van der Waals surface area contributed by atoms with E-state index in [1.807, 2.05) is 49.4 Å². The number of carbonyl (C=O) groups is 2. The Bertz CT molecular complexity index is 1110. The highest BCUT2D eigenvalue weighted by Gasteiger charge is 2.30. The number of hydrogen-bond acceptors (Lipinski definition) is 3. The third-order valence-corrected chi connectivity index (χ3v) is 6.70. The summed E-state index contributed by atoms with van der Waals surface area (Å²) in [4.78, 5) is 28.4. The molecule has 3 rings (SSSR count). The fourth-order valence-corrected chi connectivity index (χ4v) is 4.81. The van der Waals surface area contributed by atoms with Crippen molar-refractivity contribution in [3.05, 3.63) is 106 Å². The van der Waals surface area contributed by atoms with Crippen LogP contribution < -0.4 is 5.32 Å². The minimum Gasteiger partial charge on any atom is -0.354 e. The fourth-order valence-electron chi connectivity index (χ4n) is 3.70. The first-order valence-electron chi connectivity index (χ1n) is 11.6. The number of thioether (sulfide) groups is 1. The van der Waals surface area contributed by atoms with Crippen LogP contribution in [0.5, 0.6) is 0 Å². The molecule has 1 N–H and O–H groups in total. The second-order valence-electron chi connectivity index (χ2n) is 8.23. The first kappa shape index (κ1) is 26.8. The van der Waals surface area contributed by atoms with Crippen molar-refractivity contribution in [2.45, 2.75) is 38.1 Å². The Labute approximate surface area is 215 Å². The molecule has 184 valence electrons. The van der Waals surface area contributed by atoms with Gasteiger partial charge in [-0.15, -0.1) is 11.8 Å². The third kappa shape index (κ3) is 8.41. The number of nitrogens with one attached hydrogen (secondary N) is 1. The lowest BCUT2D eigenvalue weighted by atomic mass is 10.0. The number of nitrogens with zero attached hydrogens (tertiary/aromatic N) is 1. The summed E-state index contributed by atoms with van der Waals surface area (Å²) >= 11 is 7.53. The van der Waals surface area contributed by atoms with Gasteiger partial charge in [-0.1, -0.05) is 79.2 Å². The Hall–Kier alpha value is -2.83. The molecule has 2 amide bonds. The van der Waals surface area contributed by atoms with E-state index in [4.69, 9.17) is 11.6 Å². The molecule has 0 fully saturated rings. The van der Waals surface area contributed by atoms with Gasteiger partial charge in [0.1, 0.15) is 11.9 Å². The van der Waals surface area contributed by atoms with E-state index in [2.05, 4.69) is 5.32 Å². The smallest absolute Gasteiger partial charge is 0.243 e. The molecule has 0 bridgehead atoms. The first-order valence-corrected chi connectivity index (χ1v) is 13.2. The molecule has 0 saturated carbocycles. The van der Waals surface area contributed by atoms with Crippen LogP contribution in [0.4, 0.5) is 4.39 Å². The van der Waals surface area contributed by atoms with Crippen LogP contribution in [-0.2, 0) is 28.3 Å². The maximum Gasteiger partial charge on any atom is 0.243 e. The van der Waals surface area contributed by atoms with Crippen molar-refractivity contribution in [3.63, 3.8) is 0 Å². The Kier molecular flexibility index (Phi) is 10.6. The summed E-state index contributed by atoms with van der Waals surface area (Å²) in [5, 5.41) is 3.53. The van der Waals surface area contributed by atoms with Crippen LogP contribution in [0.25, 0.3) is 0 Å². The van der Waals surface area contributed by atoms with Crippen LogP contribution in [0.3, 0.4) is 0 Å². The van der Waals surface area contributed by atoms with E-state index in [0.29, 0.717) is 29.3 Å². The van der Waals surface area contributed by atoms with E-state index in [1.165, 1.54) is 17.8 Å². The highest BCUT2D eigenvalue weighted by atomic mass is 35.5. The second kappa shape index (κ2) is 13.9. The molecule has 35 heavy (non-hydrogen) atoms. The molecule has 0 aliphatic heterocycles. The lowest BCUT2D eigenvalue weighted by Gasteiger charge is -2.31. The van der Waals surface area contributed by atoms with Crippen LogP contribution >= 0.6 is 23.4 Å². The molecular weight excluding hydrogens is 483 g/mol. The van der Waals surface area contributed by atoms with Gasteiger partial charge in [-0.25, -0.2) is 4.39 Å². The molecule has 7 heteroatoms. The maximum absolute atomic E-state index is 14.0. The van der Waals surface area contributed by atoms with Crippen molar-refractivity contribution in [2.75, 3.05) is 12.3 Å². The zero-order valence-electron chi connectivity index (χ0n) is 19.8. The lowest BCUT2D eigenvalue weighted by Crippen LogP contribution is -2.51. The Balaban J connectivity index is 1.84. The Morgan fingerprint density at radius 2 is 1.71 bits per heavy atom. The van der Waals surface area contributed by atoms with Crippen LogP contribution in [-0.4, -0.2) is 35.1 Å². The van der Waals surface area contributed by atoms with Gasteiger partial charge in [0.15, 0.2) is 0 Å². The summed E-state index contributed by atoms with van der Waals surface area (Å²) in [6.07, 6.45) is 1.19. The molecule has 3 aromatic carbocycles. The normalized spacial score (nSPS) is 11.6. The van der Waals surface area contributed by atoms with Crippen LogP contribution in [0.15, 0.2) is 78.9 Å². The zero-order chi connectivity index (χ0) is 25.0. The highest BCUT2D eigenvalue weighted by Crippen LogP contribution is 2.20. The summed E-state index contributed by atoms with van der Waals surface area (Å²) in [5.41, 5.74) is 2.35. The Morgan fingerprint density at radius 3 is 2.43 bits per heavy atom. The number of benzene rings is 3. The number of carbonyl (C=O) groups excluding carboxylic acids is 2. The molecule has 0 aromatic heterocycles. The minimum atomic E-state index is -0.690. The van der Waals surface area contributed by atoms with Gasteiger partial charge in [0, 0.05) is 30.3 Å². The van der Waals surface area contributed by atoms with E-state index in [9.17, 15) is 14.0 Å². The molecule has 1 atom stereocenters. The van der Waals surface area contributed by atoms with Gasteiger partial charge in [0.05, 0.1) is 5.75 Å². The summed E-state index contributed by atoms with van der Waals surface area (Å²) in [7, 11) is 0. The quantitative estimate of drug-likeness (QED) is 0.330. The SMILES string of the molecule is CCCNC(=O)[C@H](Cc1ccccc1)N(Cc1cccc(Cl)c1)C(=O)CSCc1ccccc1F. The summed E-state index contributed by atoms with van der Waals surface area (Å²) < 4.78 is 14.0. The van der Waals surface area contributed by atoms with Gasteiger partial charge in [0.25, 0.3) is 0 Å². The number of amides is 2. The van der Waals surface area contributed by atoms with E-state index < -0.39 is 6.04 Å². The molecule has 3 aromatic rings. The van der Waals surface area contributed by atoms with Gasteiger partial charge in [-0.3, -0.25) is 9.59 Å². The maximum atomic E-state index is 14.0. The molecule has 0 radical (unpaired) electrons. The van der Waals surface area contributed by atoms with Crippen molar-refractivity contribution >= 4 is 35.2 Å². The lowest BCUT2D eigenvalue weighted by molar-refractivity contribution is -0.139. The summed E-state index contributed by atoms with van der Waals surface area (Å²) in [5.74, 6) is -0.163. The fraction of sp³-hybridized carbons (Fsp3) is 0.286. The van der Waals surface area contributed by atoms with Crippen molar-refractivity contribution in [3.8, 4) is 0 Å². The van der Waals surface area contributed by atoms with Gasteiger partial charge in [0.2, 0.25) is 11.8 Å². The summed E-state index contributed by atoms with van der Waals surface area (Å²) in [6.45, 7) is 2.77. The van der Waals surface area contributed by atoms with Crippen LogP contribution in [0.2, 0.25) is 5.02 Å². The van der Waals surface area contributed by atoms with Gasteiger partial charge in [-0.05, 0) is 41.3 Å². The molecule has 4 nitrogen and oxygen atoms in total. The van der Waals surface area contributed by atoms with Gasteiger partial charge < -0.3 is 10.2 Å². The predicted molar refractivity (Wildman–Crippen MR) is 142 cm³/mol. The average Bonchev–Trinajstić information content (AvgIpc) is 2.86. The molecule has 0 saturated heterocycles. The molecule has 0 spiro atoms. The number of hydrogen-bond donors (Lipinski definition) is 1. The monoisotopic (exact) mass is 512 g/mol. The Morgan fingerprint density at radius 1 is 1.00 bits per heavy atom. The molecule has 0 aliphatic rings.